The van der Waals surface area contributed by atoms with Gasteiger partial charge in [0.05, 0.1) is 16.7 Å². The highest BCUT2D eigenvalue weighted by Crippen LogP contribution is 2.28. The molecule has 0 radical (unpaired) electrons. The maximum atomic E-state index is 4.88. The van der Waals surface area contributed by atoms with Crippen molar-refractivity contribution in [1.82, 2.24) is 19.4 Å². The largest absolute Gasteiger partial charge is 0.370 e. The Hall–Kier alpha value is -3.21. The molecule has 0 bridgehead atoms. The van der Waals surface area contributed by atoms with Crippen LogP contribution in [0.25, 0.3) is 22.8 Å². The molecular formula is C21H19N5. The third-order valence-corrected chi connectivity index (χ3v) is 4.92. The molecule has 4 aromatic rings. The van der Waals surface area contributed by atoms with Crippen LogP contribution in [0, 0.1) is 0 Å². The number of nitrogens with zero attached hydrogens (tertiary/aromatic N) is 5. The molecule has 5 nitrogen and oxygen atoms in total. The minimum atomic E-state index is 0.868. The molecule has 0 aromatic carbocycles. The molecule has 0 spiro atoms. The first kappa shape index (κ1) is 15.1. The molecule has 0 saturated heterocycles. The van der Waals surface area contributed by atoms with Crippen LogP contribution >= 0.6 is 0 Å². The van der Waals surface area contributed by atoms with Crippen molar-refractivity contribution in [3.05, 3.63) is 71.9 Å². The lowest BCUT2D eigenvalue weighted by atomic mass is 10.1. The molecular weight excluding hydrogens is 322 g/mol. The van der Waals surface area contributed by atoms with Gasteiger partial charge >= 0.3 is 0 Å². The lowest BCUT2D eigenvalue weighted by Crippen LogP contribution is -2.20. The number of hydrogen-bond donors (Lipinski definition) is 0. The zero-order chi connectivity index (χ0) is 17.5. The van der Waals surface area contributed by atoms with E-state index in [9.17, 15) is 0 Å². The molecule has 5 heterocycles. The highest BCUT2D eigenvalue weighted by Gasteiger charge is 2.14. The van der Waals surface area contributed by atoms with Crippen LogP contribution in [0.15, 0.2) is 55.0 Å². The topological polar surface area (TPSA) is 46.3 Å². The summed E-state index contributed by atoms with van der Waals surface area (Å²) in [5.74, 6) is 0. The molecule has 1 aliphatic rings. The monoisotopic (exact) mass is 341 g/mol. The Balaban J connectivity index is 1.43. The standard InChI is InChI=1S/C21H19N5/c1-25-12-3-4-17-20(25)10-13-26-14-16(24-21(17)26)7-6-15-8-9-18-19(23-15)5-2-11-22-18/h2-5,8-11,13-14H,6-7,12H2,1H3. The van der Waals surface area contributed by atoms with Crippen molar-refractivity contribution in [2.45, 2.75) is 12.8 Å². The highest BCUT2D eigenvalue weighted by molar-refractivity contribution is 5.80. The summed E-state index contributed by atoms with van der Waals surface area (Å²) in [5, 5.41) is 0. The number of fused-ring (bicyclic) bond motifs is 4. The Morgan fingerprint density at radius 3 is 2.88 bits per heavy atom. The van der Waals surface area contributed by atoms with Gasteiger partial charge in [-0.2, -0.15) is 0 Å². The van der Waals surface area contributed by atoms with Gasteiger partial charge in [0.2, 0.25) is 0 Å². The molecule has 5 rings (SSSR count). The van der Waals surface area contributed by atoms with E-state index in [0.717, 1.165) is 47.5 Å². The first-order valence-corrected chi connectivity index (χ1v) is 8.87. The number of hydrogen-bond acceptors (Lipinski definition) is 4. The summed E-state index contributed by atoms with van der Waals surface area (Å²) in [6.07, 6.45) is 12.1. The average Bonchev–Trinajstić information content (AvgIpc) is 3.10. The van der Waals surface area contributed by atoms with Gasteiger partial charge in [-0.3, -0.25) is 9.97 Å². The van der Waals surface area contributed by atoms with E-state index in [2.05, 4.69) is 58.0 Å². The van der Waals surface area contributed by atoms with Gasteiger partial charge in [0.1, 0.15) is 5.65 Å². The molecule has 0 aliphatic carbocycles. The number of aryl methyl sites for hydroxylation is 2. The fourth-order valence-corrected chi connectivity index (χ4v) is 3.55. The second-order valence-corrected chi connectivity index (χ2v) is 6.70. The van der Waals surface area contributed by atoms with Crippen LogP contribution in [0.2, 0.25) is 0 Å². The second-order valence-electron chi connectivity index (χ2n) is 6.70. The van der Waals surface area contributed by atoms with Crippen molar-refractivity contribution in [2.24, 2.45) is 0 Å². The number of imidazole rings is 1. The normalized spacial score (nSPS) is 13.5. The SMILES string of the molecule is CN1CC=Cc2c1ccn1cc(CCc3ccc4ncccc4n3)nc21. The summed E-state index contributed by atoms with van der Waals surface area (Å²) in [4.78, 5) is 16.2. The quantitative estimate of drug-likeness (QED) is 0.572. The molecule has 128 valence electrons. The molecule has 0 amide bonds. The molecule has 26 heavy (non-hydrogen) atoms. The van der Waals surface area contributed by atoms with Crippen LogP contribution in [0.3, 0.4) is 0 Å². The molecule has 5 heteroatoms. The predicted molar refractivity (Wildman–Crippen MR) is 104 cm³/mol. The van der Waals surface area contributed by atoms with Gasteiger partial charge in [-0.15, -0.1) is 0 Å². The summed E-state index contributed by atoms with van der Waals surface area (Å²) < 4.78 is 2.12. The van der Waals surface area contributed by atoms with Crippen LogP contribution < -0.4 is 4.90 Å². The van der Waals surface area contributed by atoms with Gasteiger partial charge in [-0.05, 0) is 43.2 Å². The van der Waals surface area contributed by atoms with E-state index in [1.54, 1.807) is 6.20 Å². The van der Waals surface area contributed by atoms with Crippen molar-refractivity contribution in [1.29, 1.82) is 0 Å². The molecule has 0 N–H and O–H groups in total. The van der Waals surface area contributed by atoms with Gasteiger partial charge < -0.3 is 9.30 Å². The van der Waals surface area contributed by atoms with Crippen molar-refractivity contribution in [2.75, 3.05) is 18.5 Å². The van der Waals surface area contributed by atoms with E-state index in [1.165, 1.54) is 11.3 Å². The van der Waals surface area contributed by atoms with E-state index in [4.69, 9.17) is 9.97 Å². The summed E-state index contributed by atoms with van der Waals surface area (Å²) in [7, 11) is 2.11. The smallest absolute Gasteiger partial charge is 0.146 e. The first-order chi connectivity index (χ1) is 12.8. The van der Waals surface area contributed by atoms with Crippen LogP contribution in [0.5, 0.6) is 0 Å². The van der Waals surface area contributed by atoms with Crippen LogP contribution in [0.4, 0.5) is 5.69 Å². The van der Waals surface area contributed by atoms with E-state index in [1.807, 2.05) is 18.2 Å². The van der Waals surface area contributed by atoms with Gasteiger partial charge in [-0.25, -0.2) is 4.98 Å². The number of anilines is 1. The molecule has 1 aliphatic heterocycles. The summed E-state index contributed by atoms with van der Waals surface area (Å²) in [5.41, 5.74) is 7.50. The second kappa shape index (κ2) is 5.95. The van der Waals surface area contributed by atoms with Crippen molar-refractivity contribution < 1.29 is 0 Å². The fourth-order valence-electron chi connectivity index (χ4n) is 3.55. The summed E-state index contributed by atoms with van der Waals surface area (Å²) >= 11 is 0. The predicted octanol–water partition coefficient (Wildman–Crippen LogP) is 3.53. The zero-order valence-corrected chi connectivity index (χ0v) is 14.6. The van der Waals surface area contributed by atoms with E-state index in [0.29, 0.717) is 0 Å². The lowest BCUT2D eigenvalue weighted by molar-refractivity contribution is 0.896. The summed E-state index contributed by atoms with van der Waals surface area (Å²) in [6.45, 7) is 0.944. The zero-order valence-electron chi connectivity index (χ0n) is 14.6. The molecule has 0 unspecified atom stereocenters. The fraction of sp³-hybridized carbons (Fsp3) is 0.190. The number of aromatic nitrogens is 4. The van der Waals surface area contributed by atoms with Gasteiger partial charge in [0.15, 0.2) is 0 Å². The Morgan fingerprint density at radius 1 is 1.00 bits per heavy atom. The van der Waals surface area contributed by atoms with Crippen LogP contribution in [0.1, 0.15) is 17.0 Å². The van der Waals surface area contributed by atoms with Gasteiger partial charge in [0.25, 0.3) is 0 Å². The Kier molecular flexibility index (Phi) is 3.45. The van der Waals surface area contributed by atoms with Crippen LogP contribution in [-0.2, 0) is 12.8 Å². The minimum Gasteiger partial charge on any atom is -0.370 e. The Labute approximate surface area is 151 Å². The van der Waals surface area contributed by atoms with E-state index < -0.39 is 0 Å². The number of likely N-dealkylation sites (N-methyl/N-ethyl adjacent to an activating group) is 1. The first-order valence-electron chi connectivity index (χ1n) is 8.87. The third-order valence-electron chi connectivity index (χ3n) is 4.92. The van der Waals surface area contributed by atoms with Gasteiger partial charge in [0, 0.05) is 49.1 Å². The minimum absolute atomic E-state index is 0.868. The molecule has 0 saturated carbocycles. The third kappa shape index (κ3) is 2.52. The number of pyridine rings is 3. The highest BCUT2D eigenvalue weighted by atomic mass is 15.1. The molecule has 0 atom stereocenters. The van der Waals surface area contributed by atoms with E-state index >= 15 is 0 Å². The average molecular weight is 341 g/mol. The summed E-state index contributed by atoms with van der Waals surface area (Å²) in [6, 6.07) is 10.2. The van der Waals surface area contributed by atoms with Crippen LogP contribution in [-0.4, -0.2) is 32.9 Å². The lowest BCUT2D eigenvalue weighted by Gasteiger charge is -2.23. The molecule has 4 aromatic heterocycles. The maximum absolute atomic E-state index is 4.88. The number of rotatable bonds is 3. The van der Waals surface area contributed by atoms with Crippen molar-refractivity contribution in [3.8, 4) is 0 Å². The Morgan fingerprint density at radius 2 is 1.92 bits per heavy atom. The van der Waals surface area contributed by atoms with Crippen molar-refractivity contribution in [3.63, 3.8) is 0 Å². The Bertz CT molecular complexity index is 1140. The van der Waals surface area contributed by atoms with Gasteiger partial charge in [-0.1, -0.05) is 12.2 Å². The van der Waals surface area contributed by atoms with Crippen molar-refractivity contribution >= 4 is 28.4 Å². The maximum Gasteiger partial charge on any atom is 0.146 e. The molecule has 0 fully saturated rings. The van der Waals surface area contributed by atoms with E-state index in [-0.39, 0.29) is 0 Å².